The van der Waals surface area contributed by atoms with Gasteiger partial charge < -0.3 is 5.11 Å². The minimum atomic E-state index is -0.0373. The van der Waals surface area contributed by atoms with Crippen LogP contribution < -0.4 is 0 Å². The molecule has 0 amide bonds. The lowest BCUT2D eigenvalue weighted by Gasteiger charge is -2.10. The molecule has 0 aromatic rings. The van der Waals surface area contributed by atoms with Crippen LogP contribution in [0.3, 0.4) is 0 Å². The molecule has 0 heterocycles. The second-order valence-corrected chi connectivity index (χ2v) is 18.8. The van der Waals surface area contributed by atoms with E-state index in [0.717, 1.165) is 12.8 Å². The monoisotopic (exact) mass is 775 g/mol. The van der Waals surface area contributed by atoms with E-state index in [2.05, 4.69) is 13.8 Å². The summed E-state index contributed by atoms with van der Waals surface area (Å²) in [7, 11) is 0. The van der Waals surface area contributed by atoms with Crippen molar-refractivity contribution in [3.63, 3.8) is 0 Å². The highest BCUT2D eigenvalue weighted by molar-refractivity contribution is 4.59. The molecule has 1 N–H and O–H groups in total. The highest BCUT2D eigenvalue weighted by atomic mass is 16.3. The Hall–Kier alpha value is -0.0400. The number of aliphatic hydroxyl groups is 1. The molecule has 0 aliphatic heterocycles. The smallest absolute Gasteiger partial charge is 0.0540 e. The lowest BCUT2D eigenvalue weighted by Crippen LogP contribution is -2.05. The summed E-state index contributed by atoms with van der Waals surface area (Å²) < 4.78 is 0. The first-order valence-corrected chi connectivity index (χ1v) is 27.0. The van der Waals surface area contributed by atoms with E-state index in [9.17, 15) is 5.11 Å². The molecule has 0 spiro atoms. The van der Waals surface area contributed by atoms with Crippen LogP contribution in [0.1, 0.15) is 341 Å². The van der Waals surface area contributed by atoms with E-state index in [0.29, 0.717) is 0 Å². The molecule has 55 heavy (non-hydrogen) atoms. The van der Waals surface area contributed by atoms with Gasteiger partial charge in [0.25, 0.3) is 0 Å². The second-order valence-electron chi connectivity index (χ2n) is 18.8. The molecule has 0 aromatic heterocycles. The Balaban J connectivity index is 3.13. The number of hydrogen-bond acceptors (Lipinski definition) is 1. The van der Waals surface area contributed by atoms with Crippen LogP contribution in [0.15, 0.2) is 0 Å². The predicted octanol–water partition coefficient (Wildman–Crippen LogP) is 20.3. The van der Waals surface area contributed by atoms with Gasteiger partial charge in [0, 0.05) is 0 Å². The molecule has 0 saturated carbocycles. The quantitative estimate of drug-likeness (QED) is 0.0610. The summed E-state index contributed by atoms with van der Waals surface area (Å²) in [5.41, 5.74) is 0. The van der Waals surface area contributed by atoms with Crippen molar-refractivity contribution in [2.75, 3.05) is 0 Å². The van der Waals surface area contributed by atoms with Crippen molar-refractivity contribution in [2.24, 2.45) is 0 Å². The van der Waals surface area contributed by atoms with Gasteiger partial charge in [0.1, 0.15) is 0 Å². The summed E-state index contributed by atoms with van der Waals surface area (Å²) in [4.78, 5) is 0. The fourth-order valence-corrected chi connectivity index (χ4v) is 9.01. The lowest BCUT2D eigenvalue weighted by atomic mass is 10.0. The fourth-order valence-electron chi connectivity index (χ4n) is 9.01. The van der Waals surface area contributed by atoms with E-state index < -0.39 is 0 Å². The Labute approximate surface area is 351 Å². The molecular weight excluding hydrogens is 665 g/mol. The number of rotatable bonds is 51. The third-order valence-electron chi connectivity index (χ3n) is 13.0. The van der Waals surface area contributed by atoms with Gasteiger partial charge in [-0.1, -0.05) is 328 Å². The Kier molecular flexibility index (Phi) is 51.9. The van der Waals surface area contributed by atoms with Gasteiger partial charge in [-0.3, -0.25) is 0 Å². The molecule has 0 radical (unpaired) electrons. The first kappa shape index (κ1) is 55.0. The van der Waals surface area contributed by atoms with Gasteiger partial charge in [0.05, 0.1) is 6.10 Å². The Morgan fingerprint density at radius 3 is 0.418 bits per heavy atom. The molecular formula is C54H110O. The Morgan fingerprint density at radius 2 is 0.291 bits per heavy atom. The van der Waals surface area contributed by atoms with E-state index in [1.165, 1.54) is 315 Å². The molecule has 1 unspecified atom stereocenters. The average molecular weight is 775 g/mol. The van der Waals surface area contributed by atoms with Gasteiger partial charge in [0.15, 0.2) is 0 Å². The van der Waals surface area contributed by atoms with E-state index >= 15 is 0 Å². The predicted molar refractivity (Wildman–Crippen MR) is 253 cm³/mol. The lowest BCUT2D eigenvalue weighted by molar-refractivity contribution is 0.147. The van der Waals surface area contributed by atoms with Gasteiger partial charge >= 0.3 is 0 Å². The SMILES string of the molecule is CCCCCCCCCCCCCCCCCCCCCCCCCCCCCCCCCC(O)CCCCCCCCCCCCCCCCCCCC. The normalized spacial score (nSPS) is 12.3. The van der Waals surface area contributed by atoms with Crippen LogP contribution in [0.25, 0.3) is 0 Å². The van der Waals surface area contributed by atoms with Gasteiger partial charge in [-0.05, 0) is 12.8 Å². The third kappa shape index (κ3) is 51.9. The molecule has 1 atom stereocenters. The van der Waals surface area contributed by atoms with Crippen LogP contribution in [0, 0.1) is 0 Å². The van der Waals surface area contributed by atoms with Gasteiger partial charge in [-0.15, -0.1) is 0 Å². The standard InChI is InChI=1S/C54H110O/c1-3-5-7-9-11-13-15-17-19-21-23-24-25-26-27-28-29-30-31-32-33-34-35-37-39-41-43-45-47-49-51-53-54(55)52-50-48-46-44-42-40-38-36-22-20-18-16-14-12-10-8-6-4-2/h54-55H,3-53H2,1-2H3. The maximum Gasteiger partial charge on any atom is 0.0540 e. The van der Waals surface area contributed by atoms with Crippen LogP contribution in [0.5, 0.6) is 0 Å². The highest BCUT2D eigenvalue weighted by Crippen LogP contribution is 2.19. The topological polar surface area (TPSA) is 20.2 Å². The van der Waals surface area contributed by atoms with Crippen molar-refractivity contribution >= 4 is 0 Å². The van der Waals surface area contributed by atoms with E-state index in [-0.39, 0.29) is 6.10 Å². The minimum absolute atomic E-state index is 0.0373. The summed E-state index contributed by atoms with van der Waals surface area (Å²) in [6.07, 6.45) is 72.8. The van der Waals surface area contributed by atoms with E-state index in [1.807, 2.05) is 0 Å². The Bertz CT molecular complexity index is 629. The molecule has 0 aliphatic rings. The molecule has 332 valence electrons. The van der Waals surface area contributed by atoms with Gasteiger partial charge in [-0.25, -0.2) is 0 Å². The van der Waals surface area contributed by atoms with Gasteiger partial charge in [0.2, 0.25) is 0 Å². The van der Waals surface area contributed by atoms with Crippen LogP contribution in [-0.4, -0.2) is 11.2 Å². The number of aliphatic hydroxyl groups excluding tert-OH is 1. The summed E-state index contributed by atoms with van der Waals surface area (Å²) in [6.45, 7) is 4.62. The van der Waals surface area contributed by atoms with Crippen LogP contribution in [0.2, 0.25) is 0 Å². The highest BCUT2D eigenvalue weighted by Gasteiger charge is 2.04. The van der Waals surface area contributed by atoms with Crippen molar-refractivity contribution in [3.8, 4) is 0 Å². The van der Waals surface area contributed by atoms with Crippen molar-refractivity contribution < 1.29 is 5.11 Å². The first-order valence-electron chi connectivity index (χ1n) is 27.0. The van der Waals surface area contributed by atoms with Crippen molar-refractivity contribution in [3.05, 3.63) is 0 Å². The van der Waals surface area contributed by atoms with Crippen molar-refractivity contribution in [1.82, 2.24) is 0 Å². The van der Waals surface area contributed by atoms with Crippen LogP contribution >= 0.6 is 0 Å². The third-order valence-corrected chi connectivity index (χ3v) is 13.0. The molecule has 0 aliphatic carbocycles. The zero-order valence-corrected chi connectivity index (χ0v) is 39.1. The van der Waals surface area contributed by atoms with Crippen LogP contribution in [0.4, 0.5) is 0 Å². The zero-order chi connectivity index (χ0) is 39.6. The Morgan fingerprint density at radius 1 is 0.182 bits per heavy atom. The molecule has 0 aromatic carbocycles. The first-order chi connectivity index (χ1) is 27.3. The second kappa shape index (κ2) is 52.0. The zero-order valence-electron chi connectivity index (χ0n) is 39.1. The molecule has 1 nitrogen and oxygen atoms in total. The van der Waals surface area contributed by atoms with Crippen molar-refractivity contribution in [1.29, 1.82) is 0 Å². The fraction of sp³-hybridized carbons (Fsp3) is 1.00. The maximum atomic E-state index is 10.4. The molecule has 0 rings (SSSR count). The number of hydrogen-bond donors (Lipinski definition) is 1. The van der Waals surface area contributed by atoms with E-state index in [1.54, 1.807) is 0 Å². The molecule has 0 saturated heterocycles. The summed E-state index contributed by atoms with van der Waals surface area (Å²) in [5, 5.41) is 10.4. The molecule has 1 heteroatoms. The van der Waals surface area contributed by atoms with Crippen molar-refractivity contribution in [2.45, 2.75) is 347 Å². The minimum Gasteiger partial charge on any atom is -0.393 e. The summed E-state index contributed by atoms with van der Waals surface area (Å²) >= 11 is 0. The van der Waals surface area contributed by atoms with E-state index in [4.69, 9.17) is 0 Å². The van der Waals surface area contributed by atoms with Crippen LogP contribution in [-0.2, 0) is 0 Å². The largest absolute Gasteiger partial charge is 0.393 e. The van der Waals surface area contributed by atoms with Gasteiger partial charge in [-0.2, -0.15) is 0 Å². The summed E-state index contributed by atoms with van der Waals surface area (Å²) in [6, 6.07) is 0. The average Bonchev–Trinajstić information content (AvgIpc) is 3.19. The molecule has 0 fully saturated rings. The summed E-state index contributed by atoms with van der Waals surface area (Å²) in [5.74, 6) is 0. The number of unbranched alkanes of at least 4 members (excludes halogenated alkanes) is 47. The molecule has 0 bridgehead atoms. The maximum absolute atomic E-state index is 10.4.